The zero-order valence-corrected chi connectivity index (χ0v) is 28.5. The summed E-state index contributed by atoms with van der Waals surface area (Å²) in [6, 6.07) is 4.87. The highest BCUT2D eigenvalue weighted by molar-refractivity contribution is 7.89. The standard InChI is InChI=1S/C26H28N10O8S4/c1-3-9-27-48(43,44)18-12-14(33-35-20-23(39)30-26(46)31-24(20)40)6-8-16(18)15-7-5-13(11-17(15)36(10-4-2)47(41)42)32-34-19-21(37)28-25(45)29-22(19)38/h5-8,11-12,19-20,27,47H,3-4,9-10H2,1-2H3,(H2,28,29,37,38,45)(H2,30,31,39,40,46). The van der Waals surface area contributed by atoms with Crippen LogP contribution in [0, 0.1) is 0 Å². The topological polar surface area (TPSA) is 249 Å². The van der Waals surface area contributed by atoms with Gasteiger partial charge in [0.05, 0.1) is 22.0 Å². The fourth-order valence-corrected chi connectivity index (χ4v) is 6.82. The third-order valence-electron chi connectivity index (χ3n) is 6.50. The van der Waals surface area contributed by atoms with E-state index in [1.54, 1.807) is 13.8 Å². The van der Waals surface area contributed by atoms with Crippen LogP contribution in [-0.2, 0) is 40.1 Å². The Balaban J connectivity index is 1.84. The van der Waals surface area contributed by atoms with Crippen molar-refractivity contribution in [2.24, 2.45) is 20.5 Å². The molecule has 0 aromatic heterocycles. The molecule has 2 aromatic carbocycles. The fraction of sp³-hybridized carbons (Fsp3) is 0.308. The van der Waals surface area contributed by atoms with Crippen molar-refractivity contribution in [2.45, 2.75) is 43.7 Å². The molecule has 4 amide bonds. The van der Waals surface area contributed by atoms with Gasteiger partial charge in [-0.2, -0.15) is 20.5 Å². The van der Waals surface area contributed by atoms with Gasteiger partial charge in [0.1, 0.15) is 0 Å². The molecule has 2 saturated heterocycles. The van der Waals surface area contributed by atoms with Crippen LogP contribution in [0.4, 0.5) is 17.1 Å². The lowest BCUT2D eigenvalue weighted by Crippen LogP contribution is -2.57. The maximum absolute atomic E-state index is 13.6. The van der Waals surface area contributed by atoms with Gasteiger partial charge < -0.3 is 21.3 Å². The van der Waals surface area contributed by atoms with Crippen molar-refractivity contribution in [1.82, 2.24) is 26.0 Å². The van der Waals surface area contributed by atoms with Crippen LogP contribution in [0.2, 0.25) is 0 Å². The third kappa shape index (κ3) is 8.44. The molecular weight excluding hydrogens is 709 g/mol. The number of sulfonamides is 1. The van der Waals surface area contributed by atoms with E-state index in [9.17, 15) is 36.0 Å². The second-order valence-corrected chi connectivity index (χ2v) is 13.5. The first kappa shape index (κ1) is 36.2. The zero-order valence-electron chi connectivity index (χ0n) is 25.1. The van der Waals surface area contributed by atoms with Crippen molar-refractivity contribution in [2.75, 3.05) is 17.4 Å². The summed E-state index contributed by atoms with van der Waals surface area (Å²) in [4.78, 5) is 48.5. The van der Waals surface area contributed by atoms with Gasteiger partial charge in [0.25, 0.3) is 23.6 Å². The van der Waals surface area contributed by atoms with Crippen molar-refractivity contribution in [3.05, 3.63) is 36.4 Å². The van der Waals surface area contributed by atoms with Crippen molar-refractivity contribution in [1.29, 1.82) is 0 Å². The van der Waals surface area contributed by atoms with Gasteiger partial charge in [-0.05, 0) is 61.5 Å². The summed E-state index contributed by atoms with van der Waals surface area (Å²) in [7, 11) is -7.51. The summed E-state index contributed by atoms with van der Waals surface area (Å²) in [5.41, 5.74) is 0.242. The van der Waals surface area contributed by atoms with E-state index >= 15 is 0 Å². The number of azo groups is 2. The first-order valence-electron chi connectivity index (χ1n) is 14.1. The number of amides is 4. The van der Waals surface area contributed by atoms with Gasteiger partial charge in [0.2, 0.25) is 33.0 Å². The average Bonchev–Trinajstić information content (AvgIpc) is 3.01. The second kappa shape index (κ2) is 15.5. The average molecular weight is 737 g/mol. The largest absolute Gasteiger partial charge is 0.300 e. The Hall–Kier alpha value is -4.64. The molecule has 0 unspecified atom stereocenters. The number of hydrogen-bond acceptors (Lipinski definition) is 14. The minimum atomic E-state index is -4.26. The van der Waals surface area contributed by atoms with Crippen molar-refractivity contribution < 1.29 is 36.0 Å². The molecule has 0 atom stereocenters. The number of carbonyl (C=O) groups is 4. The number of carbonyl (C=O) groups excluding carboxylic acids is 4. The van der Waals surface area contributed by atoms with Crippen LogP contribution in [0.25, 0.3) is 11.1 Å². The lowest BCUT2D eigenvalue weighted by Gasteiger charge is -2.22. The predicted molar refractivity (Wildman–Crippen MR) is 180 cm³/mol. The Morgan fingerprint density at radius 3 is 1.71 bits per heavy atom. The highest BCUT2D eigenvalue weighted by Gasteiger charge is 2.34. The minimum absolute atomic E-state index is 0.00853. The summed E-state index contributed by atoms with van der Waals surface area (Å²) in [6.07, 6.45) is 0.836. The SMILES string of the molecule is CCCNS(=O)(=O)c1cc(N=NC2C(=O)NC(=S)NC2=O)ccc1-c1ccc(N=NC2C(=O)NC(=S)NC2=O)cc1N(CCC)[SH](=O)=O. The van der Waals surface area contributed by atoms with Crippen molar-refractivity contribution in [3.63, 3.8) is 0 Å². The predicted octanol–water partition coefficient (Wildman–Crippen LogP) is 0.751. The maximum Gasteiger partial charge on any atom is 0.262 e. The number of benzene rings is 2. The Morgan fingerprint density at radius 2 is 1.25 bits per heavy atom. The molecule has 48 heavy (non-hydrogen) atoms. The van der Waals surface area contributed by atoms with Gasteiger partial charge in [-0.25, -0.2) is 21.6 Å². The molecule has 18 nitrogen and oxygen atoms in total. The Labute approximate surface area is 286 Å². The van der Waals surface area contributed by atoms with Gasteiger partial charge in [-0.3, -0.25) is 23.5 Å². The summed E-state index contributed by atoms with van der Waals surface area (Å²) in [6.45, 7) is 3.58. The summed E-state index contributed by atoms with van der Waals surface area (Å²) in [5.74, 6) is -3.25. The van der Waals surface area contributed by atoms with E-state index in [0.29, 0.717) is 12.8 Å². The van der Waals surface area contributed by atoms with E-state index in [4.69, 9.17) is 24.4 Å². The van der Waals surface area contributed by atoms with Crippen LogP contribution in [0.15, 0.2) is 61.8 Å². The van der Waals surface area contributed by atoms with Gasteiger partial charge in [-0.15, -0.1) is 0 Å². The second-order valence-electron chi connectivity index (χ2n) is 9.99. The lowest BCUT2D eigenvalue weighted by molar-refractivity contribution is -0.132. The number of anilines is 1. The van der Waals surface area contributed by atoms with Crippen LogP contribution in [0.3, 0.4) is 0 Å². The summed E-state index contributed by atoms with van der Waals surface area (Å²) < 4.78 is 55.6. The third-order valence-corrected chi connectivity index (χ3v) is 9.22. The first-order valence-corrected chi connectivity index (χ1v) is 17.5. The van der Waals surface area contributed by atoms with Crippen LogP contribution >= 0.6 is 24.4 Å². The molecule has 2 aliphatic heterocycles. The van der Waals surface area contributed by atoms with Crippen LogP contribution in [0.5, 0.6) is 0 Å². The van der Waals surface area contributed by atoms with Crippen molar-refractivity contribution >= 4 is 96.3 Å². The Bertz CT molecular complexity index is 1900. The van der Waals surface area contributed by atoms with Gasteiger partial charge in [-0.1, -0.05) is 26.0 Å². The number of thiol groups is 1. The normalized spacial score (nSPS) is 16.4. The van der Waals surface area contributed by atoms with E-state index in [-0.39, 0.29) is 56.4 Å². The molecule has 2 aliphatic rings. The molecule has 254 valence electrons. The highest BCUT2D eigenvalue weighted by Crippen LogP contribution is 2.39. The van der Waals surface area contributed by atoms with Gasteiger partial charge in [0.15, 0.2) is 10.2 Å². The fourth-order valence-electron chi connectivity index (χ4n) is 4.34. The molecule has 2 aromatic rings. The van der Waals surface area contributed by atoms with Crippen LogP contribution in [0.1, 0.15) is 26.7 Å². The number of thiocarbonyl (C=S) groups is 2. The van der Waals surface area contributed by atoms with Crippen LogP contribution < -0.4 is 30.3 Å². The Kier molecular flexibility index (Phi) is 11.7. The monoisotopic (exact) mass is 736 g/mol. The Morgan fingerprint density at radius 1 is 0.771 bits per heavy atom. The van der Waals surface area contributed by atoms with E-state index in [0.717, 1.165) is 10.4 Å². The van der Waals surface area contributed by atoms with E-state index in [1.165, 1.54) is 30.3 Å². The molecule has 0 bridgehead atoms. The van der Waals surface area contributed by atoms with Gasteiger partial charge >= 0.3 is 0 Å². The minimum Gasteiger partial charge on any atom is -0.300 e. The molecule has 0 radical (unpaired) electrons. The molecule has 2 fully saturated rings. The van der Waals surface area contributed by atoms with Gasteiger partial charge in [0, 0.05) is 24.2 Å². The molecule has 0 saturated carbocycles. The summed E-state index contributed by atoms with van der Waals surface area (Å²) in [5, 5.41) is 24.1. The number of rotatable bonds is 13. The summed E-state index contributed by atoms with van der Waals surface area (Å²) >= 11 is 9.55. The highest BCUT2D eigenvalue weighted by atomic mass is 32.2. The molecule has 22 heteroatoms. The molecule has 5 N–H and O–H groups in total. The quantitative estimate of drug-likeness (QED) is 0.0729. The molecule has 4 rings (SSSR count). The molecule has 0 spiro atoms. The van der Waals surface area contributed by atoms with E-state index < -0.39 is 56.6 Å². The number of nitrogens with one attached hydrogen (secondary N) is 5. The molecule has 2 heterocycles. The lowest BCUT2D eigenvalue weighted by atomic mass is 10.0. The number of hydrogen-bond donors (Lipinski definition) is 6. The number of nitrogens with zero attached hydrogens (tertiary/aromatic N) is 5. The van der Waals surface area contributed by atoms with E-state index in [1.807, 2.05) is 0 Å². The zero-order chi connectivity index (χ0) is 35.2. The molecule has 0 aliphatic carbocycles. The van der Waals surface area contributed by atoms with E-state index in [2.05, 4.69) is 46.4 Å². The maximum atomic E-state index is 13.6. The van der Waals surface area contributed by atoms with Crippen LogP contribution in [-0.4, -0.2) is 75.9 Å². The smallest absolute Gasteiger partial charge is 0.262 e. The first-order chi connectivity index (χ1) is 22.7. The molecular formula is C26H28N10O8S4. The van der Waals surface area contributed by atoms with Crippen molar-refractivity contribution in [3.8, 4) is 11.1 Å².